The van der Waals surface area contributed by atoms with Crippen molar-refractivity contribution in [2.24, 2.45) is 0 Å². The molecule has 0 aliphatic carbocycles. The van der Waals surface area contributed by atoms with Gasteiger partial charge in [0, 0.05) is 0 Å². The molecule has 0 aliphatic rings. The second kappa shape index (κ2) is 17.5. The van der Waals surface area contributed by atoms with Gasteiger partial charge in [-0.3, -0.25) is 0 Å². The fourth-order valence-electron chi connectivity index (χ4n) is 3.09. The van der Waals surface area contributed by atoms with E-state index < -0.39 is 19.6 Å². The van der Waals surface area contributed by atoms with Gasteiger partial charge in [0.25, 0.3) is 0 Å². The molecule has 0 bridgehead atoms. The van der Waals surface area contributed by atoms with Crippen molar-refractivity contribution in [2.75, 3.05) is 21.3 Å². The van der Waals surface area contributed by atoms with E-state index in [1.807, 2.05) is 0 Å². The number of hydrogen-bond donors (Lipinski definition) is 0. The molecular weight excluding hydrogens is 395 g/mol. The second-order valence-electron chi connectivity index (χ2n) is 6.64. The third-order valence-corrected chi connectivity index (χ3v) is 12.9. The van der Waals surface area contributed by atoms with Gasteiger partial charge in [0.1, 0.15) is 0 Å². The van der Waals surface area contributed by atoms with E-state index in [0.717, 1.165) is 4.44 Å². The van der Waals surface area contributed by atoms with E-state index in [0.29, 0.717) is 0 Å². The van der Waals surface area contributed by atoms with Crippen LogP contribution in [0.5, 0.6) is 0 Å². The fraction of sp³-hybridized carbons (Fsp3) is 1.00. The molecule has 0 radical (unpaired) electrons. The molecule has 0 rings (SSSR count). The van der Waals surface area contributed by atoms with E-state index in [-0.39, 0.29) is 0 Å². The Kier molecular flexibility index (Phi) is 18.0. The molecule has 140 valence electrons. The van der Waals surface area contributed by atoms with Gasteiger partial charge in [0.2, 0.25) is 0 Å². The van der Waals surface area contributed by atoms with Gasteiger partial charge < -0.3 is 0 Å². The first-order valence-electron chi connectivity index (χ1n) is 9.90. The van der Waals surface area contributed by atoms with E-state index in [4.69, 9.17) is 9.22 Å². The number of hydrogen-bond acceptors (Lipinski definition) is 3. The Bertz CT molecular complexity index is 224. The zero-order valence-corrected chi connectivity index (χ0v) is 19.2. The monoisotopic (exact) mass is 438 g/mol. The van der Waals surface area contributed by atoms with Crippen molar-refractivity contribution < 1.29 is 9.22 Å². The number of rotatable bonds is 18. The zero-order valence-electron chi connectivity index (χ0n) is 16.3. The van der Waals surface area contributed by atoms with Crippen LogP contribution in [0.3, 0.4) is 0 Å². The molecule has 0 aromatic carbocycles. The van der Waals surface area contributed by atoms with Crippen LogP contribution >= 0.6 is 0 Å². The summed E-state index contributed by atoms with van der Waals surface area (Å²) in [6.45, 7) is 2.28. The summed E-state index contributed by atoms with van der Waals surface area (Å²) in [5, 5.41) is 0. The van der Waals surface area contributed by atoms with Crippen LogP contribution in [0.4, 0.5) is 0 Å². The van der Waals surface area contributed by atoms with Crippen LogP contribution in [0.15, 0.2) is 0 Å². The van der Waals surface area contributed by atoms with Gasteiger partial charge in [-0.2, -0.15) is 0 Å². The summed E-state index contributed by atoms with van der Waals surface area (Å²) in [6.07, 6.45) is 19.5. The summed E-state index contributed by atoms with van der Waals surface area (Å²) >= 11 is -3.08. The third-order valence-electron chi connectivity index (χ3n) is 4.77. The Labute approximate surface area is 151 Å². The molecule has 0 spiro atoms. The molecule has 0 saturated carbocycles. The van der Waals surface area contributed by atoms with Gasteiger partial charge in [0.15, 0.2) is 0 Å². The summed E-state index contributed by atoms with van der Waals surface area (Å²) in [5.41, 5.74) is 0. The van der Waals surface area contributed by atoms with Crippen molar-refractivity contribution in [3.8, 4) is 0 Å². The maximum atomic E-state index is 5.52. The predicted octanol–water partition coefficient (Wildman–Crippen LogP) is 6.35. The van der Waals surface area contributed by atoms with E-state index in [1.165, 1.54) is 89.9 Å². The van der Waals surface area contributed by atoms with E-state index in [2.05, 4.69) is 6.92 Å². The molecule has 0 saturated heterocycles. The van der Waals surface area contributed by atoms with Crippen LogP contribution in [-0.2, 0) is 9.22 Å². The Hall–Kier alpha value is 0.679. The van der Waals surface area contributed by atoms with Crippen molar-refractivity contribution in [1.29, 1.82) is 0 Å². The molecule has 3 nitrogen and oxygen atoms in total. The van der Waals surface area contributed by atoms with Crippen LogP contribution in [0.1, 0.15) is 96.8 Å². The molecule has 0 amide bonds. The zero-order chi connectivity index (χ0) is 17.2. The summed E-state index contributed by atoms with van der Waals surface area (Å²) in [6, 6.07) is 0. The van der Waals surface area contributed by atoms with Crippen molar-refractivity contribution in [1.82, 2.24) is 0 Å². The molecule has 0 unspecified atom stereocenters. The molecule has 23 heavy (non-hydrogen) atoms. The van der Waals surface area contributed by atoms with Gasteiger partial charge >= 0.3 is 125 Å². The molecule has 0 N–H and O–H groups in total. The molecule has 4 heteroatoms. The van der Waals surface area contributed by atoms with Gasteiger partial charge in [-0.1, -0.05) is 26.2 Å². The molecule has 0 fully saturated rings. The van der Waals surface area contributed by atoms with E-state index in [1.54, 1.807) is 21.3 Å². The Morgan fingerprint density at radius 2 is 0.783 bits per heavy atom. The molecule has 0 aliphatic heterocycles. The average Bonchev–Trinajstić information content (AvgIpc) is 2.59. The summed E-state index contributed by atoms with van der Waals surface area (Å²) in [4.78, 5) is 0. The predicted molar refractivity (Wildman–Crippen MR) is 102 cm³/mol. The normalized spacial score (nSPS) is 12.0. The first-order valence-corrected chi connectivity index (χ1v) is 15.4. The SMILES string of the molecule is CCCCCCCCCCCCCCC[CH2][Sn]([O]C)([O]C)[O]C. The Balaban J connectivity index is 3.25. The fourth-order valence-corrected chi connectivity index (χ4v) is 8.22. The second-order valence-corrected chi connectivity index (χ2v) is 15.5. The van der Waals surface area contributed by atoms with E-state index in [9.17, 15) is 0 Å². The number of unbranched alkanes of at least 4 members (excludes halogenated alkanes) is 13. The van der Waals surface area contributed by atoms with Crippen molar-refractivity contribution >= 4 is 19.6 Å². The summed E-state index contributed by atoms with van der Waals surface area (Å²) in [7, 11) is 5.19. The van der Waals surface area contributed by atoms with Gasteiger partial charge in [-0.25, -0.2) is 0 Å². The maximum absolute atomic E-state index is 5.52. The van der Waals surface area contributed by atoms with Crippen LogP contribution in [0.2, 0.25) is 4.44 Å². The molecule has 0 aromatic rings. The van der Waals surface area contributed by atoms with Crippen LogP contribution in [0.25, 0.3) is 0 Å². The van der Waals surface area contributed by atoms with Crippen LogP contribution < -0.4 is 0 Å². The first kappa shape index (κ1) is 23.7. The quantitative estimate of drug-likeness (QED) is 0.185. The summed E-state index contributed by atoms with van der Waals surface area (Å²) < 4.78 is 17.6. The molecular formula is C19H42O3Sn. The molecule has 0 atom stereocenters. The standard InChI is InChI=1S/C16H33.3CH3O.Sn/c1-3-5-7-9-11-13-15-16-14-12-10-8-6-4-2;3*1-2;/h1,3-16H2,2H3;3*1H3;/q;3*-1;+3. The van der Waals surface area contributed by atoms with Crippen molar-refractivity contribution in [2.45, 2.75) is 101 Å². The van der Waals surface area contributed by atoms with Crippen LogP contribution in [-0.4, -0.2) is 40.9 Å². The van der Waals surface area contributed by atoms with E-state index >= 15 is 0 Å². The van der Waals surface area contributed by atoms with Crippen LogP contribution in [0, 0.1) is 0 Å². The first-order chi connectivity index (χ1) is 11.2. The molecule has 0 aromatic heterocycles. The summed E-state index contributed by atoms with van der Waals surface area (Å²) in [5.74, 6) is 0. The molecule has 0 heterocycles. The van der Waals surface area contributed by atoms with Crippen molar-refractivity contribution in [3.63, 3.8) is 0 Å². The topological polar surface area (TPSA) is 27.7 Å². The Morgan fingerprint density at radius 1 is 0.478 bits per heavy atom. The van der Waals surface area contributed by atoms with Gasteiger partial charge in [0.05, 0.1) is 0 Å². The average molecular weight is 437 g/mol. The third kappa shape index (κ3) is 13.6. The van der Waals surface area contributed by atoms with Crippen molar-refractivity contribution in [3.05, 3.63) is 0 Å². The van der Waals surface area contributed by atoms with Gasteiger partial charge in [-0.05, 0) is 0 Å². The van der Waals surface area contributed by atoms with Gasteiger partial charge in [-0.15, -0.1) is 0 Å². The minimum atomic E-state index is -3.08. The Morgan fingerprint density at radius 3 is 1.09 bits per heavy atom. The minimum absolute atomic E-state index is 1.01.